The molecule has 112 valence electrons. The molecule has 0 heterocycles. The summed E-state index contributed by atoms with van der Waals surface area (Å²) < 4.78 is 21.7. The predicted molar refractivity (Wildman–Crippen MR) is 86.9 cm³/mol. The van der Waals surface area contributed by atoms with E-state index >= 15 is 0 Å². The van der Waals surface area contributed by atoms with Crippen LogP contribution in [-0.2, 0) is 4.57 Å². The summed E-state index contributed by atoms with van der Waals surface area (Å²) in [5, 5.41) is 0. The van der Waals surface area contributed by atoms with Crippen LogP contribution in [0.2, 0.25) is 0 Å². The Kier molecular flexibility index (Phi) is 6.90. The standard InChI is InChI=1S/C12H10O3P.C5H12/c13-16(14-11-7-3-1-4-8-11)15-12-9-5-2-6-10-12;1-5(2,3)4/h1-10H;1-4H3/q+1;. The van der Waals surface area contributed by atoms with Crippen LogP contribution < -0.4 is 9.05 Å². The summed E-state index contributed by atoms with van der Waals surface area (Å²) in [5.74, 6) is 1.05. The molecule has 0 aliphatic heterocycles. The van der Waals surface area contributed by atoms with Crippen LogP contribution in [0.25, 0.3) is 0 Å². The van der Waals surface area contributed by atoms with Crippen molar-refractivity contribution in [1.82, 2.24) is 0 Å². The Bertz CT molecular complexity index is 483. The van der Waals surface area contributed by atoms with Gasteiger partial charge < -0.3 is 0 Å². The number of hydrogen-bond acceptors (Lipinski definition) is 3. The van der Waals surface area contributed by atoms with Crippen molar-refractivity contribution in [1.29, 1.82) is 0 Å². The topological polar surface area (TPSA) is 35.5 Å². The van der Waals surface area contributed by atoms with Gasteiger partial charge in [0.2, 0.25) is 0 Å². The molecule has 0 aliphatic carbocycles. The monoisotopic (exact) mass is 305 g/mol. The van der Waals surface area contributed by atoms with E-state index in [2.05, 4.69) is 27.7 Å². The maximum atomic E-state index is 11.5. The average molecular weight is 305 g/mol. The van der Waals surface area contributed by atoms with Gasteiger partial charge in [-0.15, -0.1) is 0 Å². The SMILES string of the molecule is CC(C)(C)C.O=[P+](Oc1ccccc1)Oc1ccccc1. The first-order valence-electron chi connectivity index (χ1n) is 6.78. The van der Waals surface area contributed by atoms with Crippen LogP contribution in [0, 0.1) is 5.41 Å². The van der Waals surface area contributed by atoms with Crippen LogP contribution in [-0.4, -0.2) is 0 Å². The fraction of sp³-hybridized carbons (Fsp3) is 0.294. The molecule has 0 N–H and O–H groups in total. The van der Waals surface area contributed by atoms with Crippen LogP contribution in [0.3, 0.4) is 0 Å². The van der Waals surface area contributed by atoms with Crippen molar-refractivity contribution in [3.63, 3.8) is 0 Å². The third-order valence-corrected chi connectivity index (χ3v) is 2.57. The Morgan fingerprint density at radius 1 is 0.714 bits per heavy atom. The van der Waals surface area contributed by atoms with Crippen LogP contribution in [0.4, 0.5) is 0 Å². The minimum Gasteiger partial charge on any atom is -0.222 e. The fourth-order valence-corrected chi connectivity index (χ4v) is 1.78. The quantitative estimate of drug-likeness (QED) is 0.664. The highest BCUT2D eigenvalue weighted by Crippen LogP contribution is 2.29. The summed E-state index contributed by atoms with van der Waals surface area (Å²) in [5.41, 5.74) is 0.500. The predicted octanol–water partition coefficient (Wildman–Crippen LogP) is 5.85. The molecule has 0 aromatic heterocycles. The lowest BCUT2D eigenvalue weighted by molar-refractivity contribution is 0.415. The smallest absolute Gasteiger partial charge is 0.222 e. The molecule has 2 aromatic rings. The van der Waals surface area contributed by atoms with Crippen LogP contribution in [0.15, 0.2) is 60.7 Å². The first kappa shape index (κ1) is 17.2. The Morgan fingerprint density at radius 2 is 1.00 bits per heavy atom. The first-order valence-corrected chi connectivity index (χ1v) is 7.87. The first-order chi connectivity index (χ1) is 9.84. The van der Waals surface area contributed by atoms with Crippen molar-refractivity contribution < 1.29 is 13.6 Å². The largest absolute Gasteiger partial charge is 0.805 e. The second-order valence-corrected chi connectivity index (χ2v) is 6.84. The Hall–Kier alpha value is -1.86. The van der Waals surface area contributed by atoms with Gasteiger partial charge in [-0.1, -0.05) is 64.1 Å². The van der Waals surface area contributed by atoms with E-state index in [-0.39, 0.29) is 0 Å². The molecule has 0 atom stereocenters. The normalized spacial score (nSPS) is 10.1. The van der Waals surface area contributed by atoms with Gasteiger partial charge in [-0.2, -0.15) is 0 Å². The van der Waals surface area contributed by atoms with Gasteiger partial charge in [0.15, 0.2) is 11.5 Å². The number of benzene rings is 2. The van der Waals surface area contributed by atoms with E-state index in [1.54, 1.807) is 48.5 Å². The van der Waals surface area contributed by atoms with Crippen molar-refractivity contribution >= 4 is 8.25 Å². The van der Waals surface area contributed by atoms with E-state index in [9.17, 15) is 4.57 Å². The van der Waals surface area contributed by atoms with E-state index in [1.807, 2.05) is 12.1 Å². The lowest BCUT2D eigenvalue weighted by Crippen LogP contribution is -1.93. The molecule has 0 amide bonds. The molecule has 0 radical (unpaired) electrons. The van der Waals surface area contributed by atoms with Crippen molar-refractivity contribution in [2.24, 2.45) is 5.41 Å². The molecular weight excluding hydrogens is 283 g/mol. The second-order valence-electron chi connectivity index (χ2n) is 6.03. The van der Waals surface area contributed by atoms with E-state index in [1.165, 1.54) is 0 Å². The van der Waals surface area contributed by atoms with Gasteiger partial charge >= 0.3 is 8.25 Å². The maximum Gasteiger partial charge on any atom is 0.805 e. The van der Waals surface area contributed by atoms with E-state index < -0.39 is 8.25 Å². The summed E-state index contributed by atoms with van der Waals surface area (Å²) in [6.07, 6.45) is 0. The molecule has 0 spiro atoms. The molecule has 21 heavy (non-hydrogen) atoms. The third kappa shape index (κ3) is 9.64. The lowest BCUT2D eigenvalue weighted by atomic mass is 10.0. The van der Waals surface area contributed by atoms with Gasteiger partial charge in [0.05, 0.1) is 0 Å². The van der Waals surface area contributed by atoms with Gasteiger partial charge in [-0.3, -0.25) is 0 Å². The van der Waals surface area contributed by atoms with Crippen LogP contribution >= 0.6 is 8.25 Å². The molecule has 4 heteroatoms. The van der Waals surface area contributed by atoms with Gasteiger partial charge in [0.25, 0.3) is 0 Å². The van der Waals surface area contributed by atoms with Gasteiger partial charge in [0.1, 0.15) is 0 Å². The van der Waals surface area contributed by atoms with Crippen molar-refractivity contribution in [2.75, 3.05) is 0 Å². The molecule has 0 aliphatic rings. The minimum atomic E-state index is -2.18. The highest BCUT2D eigenvalue weighted by molar-refractivity contribution is 7.34. The van der Waals surface area contributed by atoms with Crippen molar-refractivity contribution in [2.45, 2.75) is 27.7 Å². The summed E-state index contributed by atoms with van der Waals surface area (Å²) in [7, 11) is -2.18. The number of para-hydroxylation sites is 2. The molecule has 0 unspecified atom stereocenters. The Labute approximate surface area is 127 Å². The van der Waals surface area contributed by atoms with E-state index in [0.717, 1.165) is 0 Å². The van der Waals surface area contributed by atoms with Crippen LogP contribution in [0.1, 0.15) is 27.7 Å². The summed E-state index contributed by atoms with van der Waals surface area (Å²) in [6, 6.07) is 17.8. The molecular formula is C17H22O3P+. The van der Waals surface area contributed by atoms with Crippen molar-refractivity contribution in [3.05, 3.63) is 60.7 Å². The zero-order valence-corrected chi connectivity index (χ0v) is 13.8. The number of rotatable bonds is 4. The summed E-state index contributed by atoms with van der Waals surface area (Å²) >= 11 is 0. The maximum absolute atomic E-state index is 11.5. The molecule has 0 saturated carbocycles. The average Bonchev–Trinajstić information content (AvgIpc) is 2.39. The fourth-order valence-electron chi connectivity index (χ4n) is 1.15. The molecule has 2 aromatic carbocycles. The molecule has 0 saturated heterocycles. The highest BCUT2D eigenvalue weighted by Gasteiger charge is 2.23. The van der Waals surface area contributed by atoms with Gasteiger partial charge in [-0.05, 0) is 29.7 Å². The lowest BCUT2D eigenvalue weighted by Gasteiger charge is -2.05. The van der Waals surface area contributed by atoms with Crippen molar-refractivity contribution in [3.8, 4) is 11.5 Å². The van der Waals surface area contributed by atoms with E-state index in [4.69, 9.17) is 9.05 Å². The summed E-state index contributed by atoms with van der Waals surface area (Å²) in [4.78, 5) is 0. The Balaban J connectivity index is 0.000000383. The third-order valence-electron chi connectivity index (χ3n) is 1.85. The number of hydrogen-bond donors (Lipinski definition) is 0. The second kappa shape index (κ2) is 8.43. The molecule has 0 bridgehead atoms. The molecule has 0 fully saturated rings. The zero-order chi connectivity index (χ0) is 15.7. The zero-order valence-electron chi connectivity index (χ0n) is 12.9. The Morgan fingerprint density at radius 3 is 1.29 bits per heavy atom. The molecule has 2 rings (SSSR count). The highest BCUT2D eigenvalue weighted by atomic mass is 31.1. The van der Waals surface area contributed by atoms with Gasteiger partial charge in [-0.25, -0.2) is 9.05 Å². The van der Waals surface area contributed by atoms with Gasteiger partial charge in [0, 0.05) is 4.57 Å². The van der Waals surface area contributed by atoms with Crippen LogP contribution in [0.5, 0.6) is 11.5 Å². The minimum absolute atomic E-state index is 0.500. The van der Waals surface area contributed by atoms with E-state index in [0.29, 0.717) is 16.9 Å². The molecule has 3 nitrogen and oxygen atoms in total. The summed E-state index contributed by atoms with van der Waals surface area (Å²) in [6.45, 7) is 8.75.